The Hall–Kier alpha value is -2.15. The second-order valence-electron chi connectivity index (χ2n) is 7.43. The Bertz CT molecular complexity index is 939. The van der Waals surface area contributed by atoms with Gasteiger partial charge in [0.1, 0.15) is 42.9 Å². The van der Waals surface area contributed by atoms with Crippen molar-refractivity contribution in [1.29, 1.82) is 0 Å². The second kappa shape index (κ2) is 11.1. The van der Waals surface area contributed by atoms with Gasteiger partial charge in [-0.25, -0.2) is 0 Å². The SMILES string of the molecule is C#CCOCc1cc(Cl)c(-c2ccc(OCC)cc2)cc1[C@@H]1O[C@H](CO)[C@@H](O)[C@H](O)[C@H]1O. The van der Waals surface area contributed by atoms with E-state index in [9.17, 15) is 20.4 Å². The minimum absolute atomic E-state index is 0.0758. The van der Waals surface area contributed by atoms with E-state index >= 15 is 0 Å². The van der Waals surface area contributed by atoms with Gasteiger partial charge in [0.25, 0.3) is 0 Å². The zero-order chi connectivity index (χ0) is 23.3. The fourth-order valence-electron chi connectivity index (χ4n) is 3.72. The van der Waals surface area contributed by atoms with Crippen LogP contribution in [0.15, 0.2) is 36.4 Å². The molecule has 172 valence electrons. The van der Waals surface area contributed by atoms with E-state index in [1.807, 2.05) is 31.2 Å². The number of halogens is 1. The van der Waals surface area contributed by atoms with Crippen molar-refractivity contribution in [3.63, 3.8) is 0 Å². The molecule has 8 heteroatoms. The van der Waals surface area contributed by atoms with Crippen LogP contribution in [0, 0.1) is 12.3 Å². The van der Waals surface area contributed by atoms with Crippen molar-refractivity contribution < 1.29 is 34.6 Å². The van der Waals surface area contributed by atoms with E-state index in [1.54, 1.807) is 12.1 Å². The maximum Gasteiger partial charge on any atom is 0.119 e. The molecule has 0 bridgehead atoms. The normalized spacial score (nSPS) is 25.3. The largest absolute Gasteiger partial charge is 0.494 e. The van der Waals surface area contributed by atoms with Crippen molar-refractivity contribution >= 4 is 11.6 Å². The van der Waals surface area contributed by atoms with Crippen LogP contribution >= 0.6 is 11.6 Å². The van der Waals surface area contributed by atoms with Crippen LogP contribution in [-0.2, 0) is 16.1 Å². The smallest absolute Gasteiger partial charge is 0.119 e. The fourth-order valence-corrected chi connectivity index (χ4v) is 4.01. The molecule has 2 aromatic carbocycles. The molecular formula is C24H27ClO7. The van der Waals surface area contributed by atoms with Crippen LogP contribution in [0.5, 0.6) is 5.75 Å². The van der Waals surface area contributed by atoms with Gasteiger partial charge in [-0.2, -0.15) is 0 Å². The number of ether oxygens (including phenoxy) is 3. The van der Waals surface area contributed by atoms with Gasteiger partial charge in [-0.15, -0.1) is 6.42 Å². The zero-order valence-electron chi connectivity index (χ0n) is 17.6. The monoisotopic (exact) mass is 462 g/mol. The summed E-state index contributed by atoms with van der Waals surface area (Å²) >= 11 is 6.57. The standard InChI is InChI=1S/C24H27ClO7/c1-3-9-30-13-15-10-19(25)17(14-5-7-16(8-6-14)31-4-2)11-18(15)24-23(29)22(28)21(27)20(12-26)32-24/h1,5-8,10-11,20-24,26-29H,4,9,12-13H2,2H3/t20-,21-,22+,23-,24+/m1/s1. The Kier molecular flexibility index (Phi) is 8.51. The molecule has 7 nitrogen and oxygen atoms in total. The second-order valence-corrected chi connectivity index (χ2v) is 7.84. The maximum absolute atomic E-state index is 10.7. The topological polar surface area (TPSA) is 109 Å². The number of hydrogen-bond donors (Lipinski definition) is 4. The van der Waals surface area contributed by atoms with Crippen molar-refractivity contribution in [2.45, 2.75) is 44.1 Å². The Morgan fingerprint density at radius 3 is 2.44 bits per heavy atom. The van der Waals surface area contributed by atoms with Crippen molar-refractivity contribution in [3.8, 4) is 29.2 Å². The minimum Gasteiger partial charge on any atom is -0.494 e. The molecule has 0 amide bonds. The minimum atomic E-state index is -1.50. The predicted molar refractivity (Wildman–Crippen MR) is 119 cm³/mol. The summed E-state index contributed by atoms with van der Waals surface area (Å²) in [4.78, 5) is 0. The van der Waals surface area contributed by atoms with Gasteiger partial charge in [0.05, 0.1) is 19.8 Å². The summed E-state index contributed by atoms with van der Waals surface area (Å²) in [7, 11) is 0. The highest BCUT2D eigenvalue weighted by molar-refractivity contribution is 6.33. The molecule has 1 saturated heterocycles. The van der Waals surface area contributed by atoms with Crippen LogP contribution in [-0.4, -0.2) is 64.7 Å². The highest BCUT2D eigenvalue weighted by Gasteiger charge is 2.44. The molecule has 1 aliphatic heterocycles. The number of terminal acetylenes is 1. The van der Waals surface area contributed by atoms with E-state index in [0.717, 1.165) is 11.3 Å². The lowest BCUT2D eigenvalue weighted by Gasteiger charge is -2.41. The Morgan fingerprint density at radius 1 is 1.09 bits per heavy atom. The van der Waals surface area contributed by atoms with Gasteiger partial charge in [-0.05, 0) is 47.9 Å². The summed E-state index contributed by atoms with van der Waals surface area (Å²) in [5.74, 6) is 3.11. The summed E-state index contributed by atoms with van der Waals surface area (Å²) in [5, 5.41) is 41.1. The molecular weight excluding hydrogens is 436 g/mol. The van der Waals surface area contributed by atoms with E-state index in [0.29, 0.717) is 28.3 Å². The zero-order valence-corrected chi connectivity index (χ0v) is 18.4. The Labute approximate surface area is 192 Å². The summed E-state index contributed by atoms with van der Waals surface area (Å²) < 4.78 is 16.7. The Morgan fingerprint density at radius 2 is 1.81 bits per heavy atom. The quantitative estimate of drug-likeness (QED) is 0.351. The van der Waals surface area contributed by atoms with Gasteiger partial charge < -0.3 is 34.6 Å². The number of hydrogen-bond acceptors (Lipinski definition) is 7. The molecule has 32 heavy (non-hydrogen) atoms. The van der Waals surface area contributed by atoms with Crippen LogP contribution in [0.4, 0.5) is 0 Å². The molecule has 0 unspecified atom stereocenters. The van der Waals surface area contributed by atoms with Crippen molar-refractivity contribution in [3.05, 3.63) is 52.5 Å². The van der Waals surface area contributed by atoms with E-state index < -0.39 is 37.1 Å². The summed E-state index contributed by atoms with van der Waals surface area (Å²) in [6.45, 7) is 2.10. The molecule has 1 aliphatic rings. The molecule has 1 fully saturated rings. The average molecular weight is 463 g/mol. The molecule has 0 aliphatic carbocycles. The van der Waals surface area contributed by atoms with Gasteiger partial charge in [0, 0.05) is 10.6 Å². The number of aliphatic hydroxyl groups excluding tert-OH is 4. The summed E-state index contributed by atoms with van der Waals surface area (Å²) in [5.41, 5.74) is 2.58. The third-order valence-electron chi connectivity index (χ3n) is 5.35. The fraction of sp³-hybridized carbons (Fsp3) is 0.417. The number of aliphatic hydroxyl groups is 4. The van der Waals surface area contributed by atoms with E-state index in [2.05, 4.69) is 5.92 Å². The van der Waals surface area contributed by atoms with Crippen LogP contribution < -0.4 is 4.74 Å². The van der Waals surface area contributed by atoms with Crippen molar-refractivity contribution in [1.82, 2.24) is 0 Å². The summed E-state index contributed by atoms with van der Waals surface area (Å²) in [6, 6.07) is 10.8. The Balaban J connectivity index is 2.05. The van der Waals surface area contributed by atoms with Gasteiger partial charge in [-0.1, -0.05) is 29.7 Å². The van der Waals surface area contributed by atoms with Gasteiger partial charge in [0.2, 0.25) is 0 Å². The van der Waals surface area contributed by atoms with Gasteiger partial charge in [0.15, 0.2) is 0 Å². The molecule has 1 heterocycles. The van der Waals surface area contributed by atoms with E-state index in [-0.39, 0.29) is 13.2 Å². The first kappa shape index (κ1) is 24.5. The first-order valence-electron chi connectivity index (χ1n) is 10.3. The lowest BCUT2D eigenvalue weighted by molar-refractivity contribution is -0.232. The summed E-state index contributed by atoms with van der Waals surface area (Å²) in [6.07, 6.45) is -1.20. The van der Waals surface area contributed by atoms with Crippen LogP contribution in [0.3, 0.4) is 0 Å². The van der Waals surface area contributed by atoms with E-state index in [4.69, 9.17) is 32.2 Å². The lowest BCUT2D eigenvalue weighted by Crippen LogP contribution is -2.55. The lowest BCUT2D eigenvalue weighted by atomic mass is 9.87. The van der Waals surface area contributed by atoms with Crippen molar-refractivity contribution in [2.75, 3.05) is 19.8 Å². The van der Waals surface area contributed by atoms with Gasteiger partial charge in [-0.3, -0.25) is 0 Å². The highest BCUT2D eigenvalue weighted by atomic mass is 35.5. The molecule has 0 aromatic heterocycles. The molecule has 2 aromatic rings. The first-order chi connectivity index (χ1) is 15.4. The third kappa shape index (κ3) is 5.25. The van der Waals surface area contributed by atoms with Crippen LogP contribution in [0.2, 0.25) is 5.02 Å². The molecule has 0 radical (unpaired) electrons. The average Bonchev–Trinajstić information content (AvgIpc) is 2.79. The first-order valence-corrected chi connectivity index (χ1v) is 10.7. The third-order valence-corrected chi connectivity index (χ3v) is 5.66. The molecule has 0 spiro atoms. The molecule has 0 saturated carbocycles. The molecule has 3 rings (SSSR count). The molecule has 5 atom stereocenters. The van der Waals surface area contributed by atoms with Crippen LogP contribution in [0.1, 0.15) is 24.2 Å². The van der Waals surface area contributed by atoms with Gasteiger partial charge >= 0.3 is 0 Å². The van der Waals surface area contributed by atoms with Crippen LogP contribution in [0.25, 0.3) is 11.1 Å². The highest BCUT2D eigenvalue weighted by Crippen LogP contribution is 2.39. The van der Waals surface area contributed by atoms with E-state index in [1.165, 1.54) is 0 Å². The maximum atomic E-state index is 10.7. The predicted octanol–water partition coefficient (Wildman–Crippen LogP) is 2.07. The number of benzene rings is 2. The van der Waals surface area contributed by atoms with Crippen molar-refractivity contribution in [2.24, 2.45) is 0 Å². The number of rotatable bonds is 8. The molecule has 4 N–H and O–H groups in total.